The molecule has 0 saturated heterocycles. The molecule has 2 aromatic carbocycles. The van der Waals surface area contributed by atoms with Gasteiger partial charge in [-0.05, 0) is 5.56 Å². The van der Waals surface area contributed by atoms with Crippen LogP contribution in [0.1, 0.15) is 5.56 Å². The summed E-state index contributed by atoms with van der Waals surface area (Å²) in [4.78, 5) is 0. The molecule has 0 radical (unpaired) electrons. The Hall–Kier alpha value is -2.88. The fourth-order valence-corrected chi connectivity index (χ4v) is 2.46. The highest BCUT2D eigenvalue weighted by Crippen LogP contribution is 2.19. The fraction of sp³-hybridized carbons (Fsp3) is 0.0588. The first-order valence-electron chi connectivity index (χ1n) is 6.91. The van der Waals surface area contributed by atoms with Gasteiger partial charge in [-0.15, -0.1) is 0 Å². The Bertz CT molecular complexity index is 860. The lowest BCUT2D eigenvalue weighted by molar-refractivity contribution is 0.712. The van der Waals surface area contributed by atoms with Crippen molar-refractivity contribution in [2.24, 2.45) is 0 Å². The molecule has 0 aliphatic rings. The van der Waals surface area contributed by atoms with E-state index in [1.807, 2.05) is 45.6 Å². The first-order chi connectivity index (χ1) is 10.4. The van der Waals surface area contributed by atoms with Gasteiger partial charge in [-0.2, -0.15) is 10.2 Å². The summed E-state index contributed by atoms with van der Waals surface area (Å²) in [5.74, 6) is 0. The van der Waals surface area contributed by atoms with Gasteiger partial charge in [0.15, 0.2) is 5.65 Å². The second-order valence-corrected chi connectivity index (χ2v) is 4.97. The molecule has 2 aromatic heterocycles. The van der Waals surface area contributed by atoms with Crippen molar-refractivity contribution in [2.75, 3.05) is 0 Å². The summed E-state index contributed by atoms with van der Waals surface area (Å²) in [6.45, 7) is 0.747. The Kier molecular flexibility index (Phi) is 2.78. The van der Waals surface area contributed by atoms with Gasteiger partial charge in [-0.3, -0.25) is 0 Å². The third kappa shape index (κ3) is 2.21. The lowest BCUT2D eigenvalue weighted by atomic mass is 10.2. The van der Waals surface area contributed by atoms with Gasteiger partial charge in [0, 0.05) is 11.6 Å². The van der Waals surface area contributed by atoms with Gasteiger partial charge in [-0.1, -0.05) is 60.7 Å². The van der Waals surface area contributed by atoms with Gasteiger partial charge in [0.05, 0.1) is 12.2 Å². The van der Waals surface area contributed by atoms with Crippen molar-refractivity contribution >= 4 is 5.65 Å². The number of fused-ring (bicyclic) bond motifs is 1. The average Bonchev–Trinajstić information content (AvgIpc) is 3.11. The Labute approximate surface area is 122 Å². The molecule has 0 aliphatic heterocycles. The molecule has 0 atom stereocenters. The predicted octanol–water partition coefficient (Wildman–Crippen LogP) is 3.25. The minimum atomic E-state index is 0.747. The van der Waals surface area contributed by atoms with E-state index in [1.165, 1.54) is 5.56 Å². The highest BCUT2D eigenvalue weighted by molar-refractivity contribution is 5.63. The summed E-state index contributed by atoms with van der Waals surface area (Å²) in [6, 6.07) is 22.6. The number of aromatic nitrogens is 4. The lowest BCUT2D eigenvalue weighted by Gasteiger charge is -2.01. The van der Waals surface area contributed by atoms with E-state index in [-0.39, 0.29) is 0 Å². The van der Waals surface area contributed by atoms with Crippen LogP contribution in [0.4, 0.5) is 0 Å². The van der Waals surface area contributed by atoms with E-state index in [0.29, 0.717) is 0 Å². The van der Waals surface area contributed by atoms with E-state index < -0.39 is 0 Å². The summed E-state index contributed by atoms with van der Waals surface area (Å²) < 4.78 is 3.79. The molecule has 4 heteroatoms. The van der Waals surface area contributed by atoms with Crippen LogP contribution in [-0.2, 0) is 6.54 Å². The molecule has 0 spiro atoms. The van der Waals surface area contributed by atoms with Gasteiger partial charge in [-0.25, -0.2) is 9.20 Å². The molecule has 4 rings (SSSR count). The second-order valence-electron chi connectivity index (χ2n) is 4.97. The van der Waals surface area contributed by atoms with Crippen LogP contribution in [0.15, 0.2) is 73.1 Å². The van der Waals surface area contributed by atoms with Crippen molar-refractivity contribution in [3.8, 4) is 11.3 Å². The molecule has 4 nitrogen and oxygen atoms in total. The summed E-state index contributed by atoms with van der Waals surface area (Å²) in [5.41, 5.74) is 4.31. The van der Waals surface area contributed by atoms with Crippen LogP contribution in [0, 0.1) is 0 Å². The summed E-state index contributed by atoms with van der Waals surface area (Å²) >= 11 is 0. The van der Waals surface area contributed by atoms with Crippen LogP contribution in [0.2, 0.25) is 0 Å². The molecule has 21 heavy (non-hydrogen) atoms. The quantitative estimate of drug-likeness (QED) is 0.575. The minimum Gasteiger partial charge on any atom is -0.242 e. The number of hydrogen-bond donors (Lipinski definition) is 0. The molecular weight excluding hydrogens is 260 g/mol. The fourth-order valence-electron chi connectivity index (χ4n) is 2.46. The summed E-state index contributed by atoms with van der Waals surface area (Å²) in [6.07, 6.45) is 1.75. The molecule has 102 valence electrons. The minimum absolute atomic E-state index is 0.747. The van der Waals surface area contributed by atoms with Crippen LogP contribution < -0.4 is 0 Å². The van der Waals surface area contributed by atoms with Gasteiger partial charge in [0.1, 0.15) is 6.33 Å². The SMILES string of the molecule is c1ccc(Cn2ncn3nc(-c4ccccc4)cc23)cc1. The molecular formula is C17H14N4. The predicted molar refractivity (Wildman–Crippen MR) is 82.0 cm³/mol. The van der Waals surface area contributed by atoms with Crippen LogP contribution in [0.25, 0.3) is 16.9 Å². The maximum absolute atomic E-state index is 4.58. The highest BCUT2D eigenvalue weighted by Gasteiger charge is 2.09. The van der Waals surface area contributed by atoms with E-state index in [9.17, 15) is 0 Å². The molecule has 0 amide bonds. The number of rotatable bonds is 3. The number of hydrogen-bond acceptors (Lipinski definition) is 2. The largest absolute Gasteiger partial charge is 0.242 e. The third-order valence-corrected chi connectivity index (χ3v) is 3.53. The number of benzene rings is 2. The molecule has 0 unspecified atom stereocenters. The molecule has 0 fully saturated rings. The Morgan fingerprint density at radius 3 is 2.33 bits per heavy atom. The standard InChI is InChI=1S/C17H14N4/c1-3-7-14(8-4-1)12-20-17-11-16(19-21(17)13-18-20)15-9-5-2-6-10-15/h1-11,13H,12H2. The zero-order valence-electron chi connectivity index (χ0n) is 11.4. The molecule has 0 N–H and O–H groups in total. The van der Waals surface area contributed by atoms with Crippen LogP contribution in [-0.4, -0.2) is 19.4 Å². The topological polar surface area (TPSA) is 35.1 Å². The Morgan fingerprint density at radius 1 is 0.857 bits per heavy atom. The van der Waals surface area contributed by atoms with Gasteiger partial charge in [0.2, 0.25) is 0 Å². The number of nitrogens with zero attached hydrogens (tertiary/aromatic N) is 4. The molecule has 4 aromatic rings. The average molecular weight is 274 g/mol. The zero-order chi connectivity index (χ0) is 14.1. The third-order valence-electron chi connectivity index (χ3n) is 3.53. The van der Waals surface area contributed by atoms with Crippen molar-refractivity contribution in [1.82, 2.24) is 19.4 Å². The van der Waals surface area contributed by atoms with E-state index in [4.69, 9.17) is 0 Å². The summed E-state index contributed by atoms with van der Waals surface area (Å²) in [7, 11) is 0. The smallest absolute Gasteiger partial charge is 0.154 e. The summed E-state index contributed by atoms with van der Waals surface area (Å²) in [5, 5.41) is 8.98. The van der Waals surface area contributed by atoms with E-state index in [2.05, 4.69) is 40.5 Å². The first kappa shape index (κ1) is 11.9. The Morgan fingerprint density at radius 2 is 1.57 bits per heavy atom. The van der Waals surface area contributed by atoms with E-state index in [0.717, 1.165) is 23.4 Å². The van der Waals surface area contributed by atoms with Crippen molar-refractivity contribution in [3.05, 3.63) is 78.6 Å². The van der Waals surface area contributed by atoms with Crippen molar-refractivity contribution in [1.29, 1.82) is 0 Å². The molecule has 0 bridgehead atoms. The maximum Gasteiger partial charge on any atom is 0.154 e. The second kappa shape index (κ2) is 4.90. The lowest BCUT2D eigenvalue weighted by Crippen LogP contribution is -2.00. The van der Waals surface area contributed by atoms with Crippen molar-refractivity contribution in [3.63, 3.8) is 0 Å². The van der Waals surface area contributed by atoms with Crippen LogP contribution in [0.5, 0.6) is 0 Å². The molecule has 2 heterocycles. The van der Waals surface area contributed by atoms with E-state index >= 15 is 0 Å². The van der Waals surface area contributed by atoms with Gasteiger partial charge in [0.25, 0.3) is 0 Å². The highest BCUT2D eigenvalue weighted by atomic mass is 15.4. The zero-order valence-corrected chi connectivity index (χ0v) is 11.4. The maximum atomic E-state index is 4.58. The van der Waals surface area contributed by atoms with Crippen LogP contribution >= 0.6 is 0 Å². The van der Waals surface area contributed by atoms with Gasteiger partial charge >= 0.3 is 0 Å². The first-order valence-corrected chi connectivity index (χ1v) is 6.91. The van der Waals surface area contributed by atoms with Crippen LogP contribution in [0.3, 0.4) is 0 Å². The molecule has 0 aliphatic carbocycles. The normalized spacial score (nSPS) is 11.0. The van der Waals surface area contributed by atoms with E-state index in [1.54, 1.807) is 6.33 Å². The van der Waals surface area contributed by atoms with Crippen molar-refractivity contribution in [2.45, 2.75) is 6.54 Å². The van der Waals surface area contributed by atoms with Gasteiger partial charge < -0.3 is 0 Å². The molecule has 0 saturated carbocycles. The van der Waals surface area contributed by atoms with Crippen molar-refractivity contribution < 1.29 is 0 Å². The Balaban J connectivity index is 1.73. The monoisotopic (exact) mass is 274 g/mol.